The summed E-state index contributed by atoms with van der Waals surface area (Å²) >= 11 is 0. The van der Waals surface area contributed by atoms with Gasteiger partial charge in [0.25, 0.3) is 0 Å². The Kier molecular flexibility index (Phi) is 7.24. The van der Waals surface area contributed by atoms with Crippen molar-refractivity contribution < 1.29 is 9.53 Å². The van der Waals surface area contributed by atoms with Crippen molar-refractivity contribution in [3.05, 3.63) is 59.9 Å². The largest absolute Gasteiger partial charge is 0.497 e. The molecule has 2 amide bonds. The fourth-order valence-corrected chi connectivity index (χ4v) is 3.96. The fourth-order valence-electron chi connectivity index (χ4n) is 3.96. The van der Waals surface area contributed by atoms with Gasteiger partial charge in [-0.3, -0.25) is 4.90 Å². The van der Waals surface area contributed by atoms with E-state index in [1.54, 1.807) is 7.11 Å². The first-order valence-corrected chi connectivity index (χ1v) is 11.1. The number of amides is 2. The lowest BCUT2D eigenvalue weighted by Crippen LogP contribution is -2.48. The molecule has 8 heteroatoms. The molecule has 0 spiro atoms. The molecule has 170 valence electrons. The summed E-state index contributed by atoms with van der Waals surface area (Å²) in [4.78, 5) is 25.5. The smallest absolute Gasteiger partial charge is 0.315 e. The molecule has 3 N–H and O–H groups in total. The Bertz CT molecular complexity index is 978. The minimum Gasteiger partial charge on any atom is -0.497 e. The van der Waals surface area contributed by atoms with Crippen LogP contribution in [0.5, 0.6) is 5.75 Å². The lowest BCUT2D eigenvalue weighted by Gasteiger charge is -2.32. The molecular weight excluding hydrogens is 404 g/mol. The number of piperazine rings is 1. The maximum Gasteiger partial charge on any atom is 0.315 e. The molecule has 2 aromatic carbocycles. The first-order chi connectivity index (χ1) is 15.6. The van der Waals surface area contributed by atoms with Crippen LogP contribution in [0.1, 0.15) is 17.4 Å². The third kappa shape index (κ3) is 5.77. The van der Waals surface area contributed by atoms with Crippen molar-refractivity contribution in [3.8, 4) is 5.75 Å². The highest BCUT2D eigenvalue weighted by Crippen LogP contribution is 2.21. The number of nitrogens with zero attached hydrogens (tertiary/aromatic N) is 3. The topological polar surface area (TPSA) is 85.5 Å². The fraction of sp³-hybridized carbons (Fsp3) is 0.417. The highest BCUT2D eigenvalue weighted by atomic mass is 16.5. The zero-order chi connectivity index (χ0) is 22.3. The van der Waals surface area contributed by atoms with Gasteiger partial charge < -0.3 is 25.3 Å². The number of carbonyl (C=O) groups is 1. The number of carbonyl (C=O) groups excluding carboxylic acids is 1. The van der Waals surface area contributed by atoms with Gasteiger partial charge in [0.2, 0.25) is 0 Å². The quantitative estimate of drug-likeness (QED) is 0.505. The Morgan fingerprint density at radius 3 is 2.59 bits per heavy atom. The normalized spacial score (nSPS) is 16.1. The van der Waals surface area contributed by atoms with Crippen molar-refractivity contribution in [1.82, 2.24) is 30.4 Å². The molecule has 1 aromatic heterocycles. The number of fused-ring (bicyclic) bond motifs is 1. The number of para-hydroxylation sites is 2. The highest BCUT2D eigenvalue weighted by molar-refractivity contribution is 5.76. The number of H-pyrrole nitrogens is 1. The van der Waals surface area contributed by atoms with Crippen molar-refractivity contribution in [1.29, 1.82) is 0 Å². The molecule has 0 saturated carbocycles. The van der Waals surface area contributed by atoms with Gasteiger partial charge in [-0.05, 0) is 43.3 Å². The monoisotopic (exact) mass is 436 g/mol. The second-order valence-corrected chi connectivity index (χ2v) is 8.29. The van der Waals surface area contributed by atoms with Crippen molar-refractivity contribution in [2.75, 3.05) is 53.4 Å². The third-order valence-corrected chi connectivity index (χ3v) is 5.95. The summed E-state index contributed by atoms with van der Waals surface area (Å²) in [6, 6.07) is 15.3. The Hall–Kier alpha value is -3.10. The van der Waals surface area contributed by atoms with Gasteiger partial charge in [0.1, 0.15) is 11.6 Å². The van der Waals surface area contributed by atoms with E-state index >= 15 is 0 Å². The minimum absolute atomic E-state index is 0.182. The molecule has 1 aliphatic heterocycles. The summed E-state index contributed by atoms with van der Waals surface area (Å²) in [5, 5.41) is 6.13. The number of likely N-dealkylation sites (N-methyl/N-ethyl adjacent to an activating group) is 1. The Morgan fingerprint density at radius 2 is 1.88 bits per heavy atom. The maximum atomic E-state index is 12.7. The SMILES string of the molecule is COc1ccc(C[C@@H](NC(=O)NCCN2CCN(C)CC2)c2nc3ccccc3[nH]2)cc1. The number of urea groups is 1. The molecular formula is C24H32N6O2. The molecule has 1 fully saturated rings. The summed E-state index contributed by atoms with van der Waals surface area (Å²) < 4.78 is 5.26. The van der Waals surface area contributed by atoms with E-state index in [9.17, 15) is 4.79 Å². The van der Waals surface area contributed by atoms with E-state index in [0.717, 1.165) is 60.9 Å². The number of aromatic nitrogens is 2. The number of aromatic amines is 1. The molecule has 1 saturated heterocycles. The summed E-state index contributed by atoms with van der Waals surface area (Å²) in [6.45, 7) is 5.70. The molecule has 2 heterocycles. The number of methoxy groups -OCH3 is 1. The van der Waals surface area contributed by atoms with E-state index in [2.05, 4.69) is 32.5 Å². The van der Waals surface area contributed by atoms with Crippen LogP contribution in [0.2, 0.25) is 0 Å². The molecule has 1 aliphatic rings. The van der Waals surface area contributed by atoms with Crippen molar-refractivity contribution >= 4 is 17.1 Å². The molecule has 0 radical (unpaired) electrons. The lowest BCUT2D eigenvalue weighted by atomic mass is 10.1. The summed E-state index contributed by atoms with van der Waals surface area (Å²) in [5.41, 5.74) is 2.94. The zero-order valence-electron chi connectivity index (χ0n) is 18.8. The predicted octanol–water partition coefficient (Wildman–Crippen LogP) is 2.40. The van der Waals surface area contributed by atoms with Crippen LogP contribution in [0.15, 0.2) is 48.5 Å². The van der Waals surface area contributed by atoms with Gasteiger partial charge in [0, 0.05) is 39.3 Å². The second-order valence-electron chi connectivity index (χ2n) is 8.29. The van der Waals surface area contributed by atoms with E-state index in [4.69, 9.17) is 9.72 Å². The number of benzene rings is 2. The van der Waals surface area contributed by atoms with Gasteiger partial charge in [-0.2, -0.15) is 0 Å². The van der Waals surface area contributed by atoms with Gasteiger partial charge in [0.05, 0.1) is 24.2 Å². The van der Waals surface area contributed by atoms with Crippen LogP contribution < -0.4 is 15.4 Å². The van der Waals surface area contributed by atoms with Crippen LogP contribution in [0.3, 0.4) is 0 Å². The van der Waals surface area contributed by atoms with E-state index in [0.29, 0.717) is 13.0 Å². The Morgan fingerprint density at radius 1 is 1.12 bits per heavy atom. The summed E-state index contributed by atoms with van der Waals surface area (Å²) in [7, 11) is 3.80. The molecule has 3 aromatic rings. The second kappa shape index (κ2) is 10.5. The minimum atomic E-state index is -0.278. The molecule has 0 unspecified atom stereocenters. The zero-order valence-corrected chi connectivity index (χ0v) is 18.8. The number of imidazole rings is 1. The number of ether oxygens (including phenoxy) is 1. The average Bonchev–Trinajstić information content (AvgIpc) is 3.25. The van der Waals surface area contributed by atoms with Crippen LogP contribution in [0.25, 0.3) is 11.0 Å². The standard InChI is InChI=1S/C24H32N6O2/c1-29-13-15-30(16-14-29)12-11-25-24(31)28-22(17-18-7-9-19(32-2)10-8-18)23-26-20-5-3-4-6-21(20)27-23/h3-10,22H,11-17H2,1-2H3,(H,26,27)(H2,25,28,31)/t22-/m1/s1. The van der Waals surface area contributed by atoms with Gasteiger partial charge >= 0.3 is 6.03 Å². The van der Waals surface area contributed by atoms with Crippen LogP contribution in [-0.2, 0) is 6.42 Å². The maximum absolute atomic E-state index is 12.7. The van der Waals surface area contributed by atoms with E-state index < -0.39 is 0 Å². The average molecular weight is 437 g/mol. The van der Waals surface area contributed by atoms with E-state index in [1.165, 1.54) is 0 Å². The van der Waals surface area contributed by atoms with Gasteiger partial charge in [-0.25, -0.2) is 9.78 Å². The van der Waals surface area contributed by atoms with Crippen molar-refractivity contribution in [3.63, 3.8) is 0 Å². The van der Waals surface area contributed by atoms with Crippen LogP contribution in [-0.4, -0.2) is 79.2 Å². The van der Waals surface area contributed by atoms with Crippen molar-refractivity contribution in [2.24, 2.45) is 0 Å². The van der Waals surface area contributed by atoms with Crippen LogP contribution in [0, 0.1) is 0 Å². The number of hydrogen-bond acceptors (Lipinski definition) is 5. The molecule has 4 rings (SSSR count). The lowest BCUT2D eigenvalue weighted by molar-refractivity contribution is 0.154. The molecule has 8 nitrogen and oxygen atoms in total. The predicted molar refractivity (Wildman–Crippen MR) is 126 cm³/mol. The molecule has 32 heavy (non-hydrogen) atoms. The van der Waals surface area contributed by atoms with E-state index in [-0.39, 0.29) is 12.1 Å². The van der Waals surface area contributed by atoms with Crippen LogP contribution in [0.4, 0.5) is 4.79 Å². The summed E-state index contributed by atoms with van der Waals surface area (Å²) in [6.07, 6.45) is 0.621. The van der Waals surface area contributed by atoms with Gasteiger partial charge in [-0.1, -0.05) is 24.3 Å². The Balaban J connectivity index is 1.40. The molecule has 0 aliphatic carbocycles. The summed E-state index contributed by atoms with van der Waals surface area (Å²) in [5.74, 6) is 1.56. The Labute approximate surface area is 189 Å². The van der Waals surface area contributed by atoms with Gasteiger partial charge in [0.15, 0.2) is 0 Å². The van der Waals surface area contributed by atoms with Crippen molar-refractivity contribution in [2.45, 2.75) is 12.5 Å². The van der Waals surface area contributed by atoms with Crippen LogP contribution >= 0.6 is 0 Å². The van der Waals surface area contributed by atoms with E-state index in [1.807, 2.05) is 48.5 Å². The first-order valence-electron chi connectivity index (χ1n) is 11.1. The highest BCUT2D eigenvalue weighted by Gasteiger charge is 2.20. The number of rotatable bonds is 8. The number of nitrogens with one attached hydrogen (secondary N) is 3. The van der Waals surface area contributed by atoms with Gasteiger partial charge in [-0.15, -0.1) is 0 Å². The first kappa shape index (κ1) is 22.1. The number of hydrogen-bond donors (Lipinski definition) is 3. The molecule has 1 atom stereocenters. The third-order valence-electron chi connectivity index (χ3n) is 5.95. The molecule has 0 bridgehead atoms.